The maximum Gasteiger partial charge on any atom is 0.0346 e. The first-order valence-electron chi connectivity index (χ1n) is 3.18. The first-order valence-corrected chi connectivity index (χ1v) is 3.18. The molecular formula is C8H12IN. The van der Waals surface area contributed by atoms with Crippen LogP contribution in [0.2, 0.25) is 0 Å². The fourth-order valence-electron chi connectivity index (χ4n) is 0.856. The number of hydrogen-bond acceptors (Lipinski definition) is 1. The zero-order chi connectivity index (χ0) is 6.69. The van der Waals surface area contributed by atoms with Crippen LogP contribution in [0, 0.1) is 0 Å². The third kappa shape index (κ3) is 2.17. The molecule has 2 heteroatoms. The van der Waals surface area contributed by atoms with Crippen molar-refractivity contribution in [3.05, 3.63) is 29.8 Å². The SMILES string of the molecule is CCc1ccccc1N.I. The first-order chi connectivity index (χ1) is 4.34. The lowest BCUT2D eigenvalue weighted by atomic mass is 10.1. The molecule has 0 aliphatic carbocycles. The van der Waals surface area contributed by atoms with Crippen molar-refractivity contribution in [2.24, 2.45) is 0 Å². The molecule has 0 saturated heterocycles. The third-order valence-electron chi connectivity index (χ3n) is 1.44. The summed E-state index contributed by atoms with van der Waals surface area (Å²) in [6.07, 6.45) is 1.02. The second-order valence-electron chi connectivity index (χ2n) is 2.05. The van der Waals surface area contributed by atoms with Gasteiger partial charge in [-0.1, -0.05) is 25.1 Å². The van der Waals surface area contributed by atoms with E-state index in [1.807, 2.05) is 18.2 Å². The van der Waals surface area contributed by atoms with Crippen molar-refractivity contribution in [3.8, 4) is 0 Å². The van der Waals surface area contributed by atoms with E-state index in [2.05, 4.69) is 13.0 Å². The van der Waals surface area contributed by atoms with Crippen molar-refractivity contribution in [2.45, 2.75) is 13.3 Å². The maximum absolute atomic E-state index is 5.63. The van der Waals surface area contributed by atoms with Gasteiger partial charge in [-0.25, -0.2) is 0 Å². The van der Waals surface area contributed by atoms with Crippen LogP contribution in [0.15, 0.2) is 24.3 Å². The second kappa shape index (κ2) is 4.55. The van der Waals surface area contributed by atoms with Crippen molar-refractivity contribution < 1.29 is 0 Å². The summed E-state index contributed by atoms with van der Waals surface area (Å²) in [4.78, 5) is 0. The van der Waals surface area contributed by atoms with Gasteiger partial charge in [-0.3, -0.25) is 0 Å². The molecule has 0 saturated carbocycles. The van der Waals surface area contributed by atoms with E-state index in [1.54, 1.807) is 0 Å². The fraction of sp³-hybridized carbons (Fsp3) is 0.250. The molecule has 1 rings (SSSR count). The van der Waals surface area contributed by atoms with E-state index in [4.69, 9.17) is 5.73 Å². The number of nitrogens with two attached hydrogens (primary N) is 1. The molecule has 1 aromatic rings. The third-order valence-corrected chi connectivity index (χ3v) is 1.44. The Balaban J connectivity index is 0.000000810. The number of para-hydroxylation sites is 1. The number of benzene rings is 1. The largest absolute Gasteiger partial charge is 0.399 e. The van der Waals surface area contributed by atoms with Gasteiger partial charge in [-0.2, -0.15) is 0 Å². The molecule has 0 aliphatic rings. The van der Waals surface area contributed by atoms with Crippen LogP contribution in [0.1, 0.15) is 12.5 Å². The quantitative estimate of drug-likeness (QED) is 0.600. The van der Waals surface area contributed by atoms with Crippen LogP contribution in [0.25, 0.3) is 0 Å². The summed E-state index contributed by atoms with van der Waals surface area (Å²) >= 11 is 0. The molecule has 0 spiro atoms. The Labute approximate surface area is 78.6 Å². The molecule has 0 bridgehead atoms. The standard InChI is InChI=1S/C8H11N.HI/c1-2-7-5-3-4-6-8(7)9;/h3-6H,2,9H2,1H3;1H. The summed E-state index contributed by atoms with van der Waals surface area (Å²) < 4.78 is 0. The monoisotopic (exact) mass is 249 g/mol. The molecule has 0 aliphatic heterocycles. The summed E-state index contributed by atoms with van der Waals surface area (Å²) in [6, 6.07) is 7.94. The van der Waals surface area contributed by atoms with Crippen molar-refractivity contribution in [1.29, 1.82) is 0 Å². The Morgan fingerprint density at radius 3 is 2.30 bits per heavy atom. The lowest BCUT2D eigenvalue weighted by Gasteiger charge is -1.98. The van der Waals surface area contributed by atoms with E-state index in [-0.39, 0.29) is 24.0 Å². The van der Waals surface area contributed by atoms with Crippen LogP contribution in [-0.2, 0) is 6.42 Å². The highest BCUT2D eigenvalue weighted by Gasteiger charge is 1.90. The maximum atomic E-state index is 5.63. The highest BCUT2D eigenvalue weighted by Crippen LogP contribution is 2.09. The molecule has 1 nitrogen and oxygen atoms in total. The average Bonchev–Trinajstić information content (AvgIpc) is 1.89. The minimum Gasteiger partial charge on any atom is -0.399 e. The molecule has 0 heterocycles. The van der Waals surface area contributed by atoms with Gasteiger partial charge in [-0.15, -0.1) is 24.0 Å². The minimum absolute atomic E-state index is 0. The van der Waals surface area contributed by atoms with Gasteiger partial charge < -0.3 is 5.73 Å². The zero-order valence-corrected chi connectivity index (χ0v) is 8.33. The van der Waals surface area contributed by atoms with Crippen LogP contribution in [0.4, 0.5) is 5.69 Å². The molecule has 0 aromatic heterocycles. The van der Waals surface area contributed by atoms with Gasteiger partial charge in [0.15, 0.2) is 0 Å². The van der Waals surface area contributed by atoms with Crippen LogP contribution in [0.5, 0.6) is 0 Å². The predicted octanol–water partition coefficient (Wildman–Crippen LogP) is 2.45. The van der Waals surface area contributed by atoms with E-state index in [0.29, 0.717) is 0 Å². The number of nitrogen functional groups attached to an aromatic ring is 1. The van der Waals surface area contributed by atoms with E-state index >= 15 is 0 Å². The highest BCUT2D eigenvalue weighted by molar-refractivity contribution is 14.0. The second-order valence-corrected chi connectivity index (χ2v) is 2.05. The number of rotatable bonds is 1. The molecule has 0 amide bonds. The smallest absolute Gasteiger partial charge is 0.0346 e. The minimum atomic E-state index is 0. The molecule has 56 valence electrons. The molecule has 0 radical (unpaired) electrons. The molecular weight excluding hydrogens is 237 g/mol. The molecule has 1 aromatic carbocycles. The lowest BCUT2D eigenvalue weighted by molar-refractivity contribution is 1.14. The topological polar surface area (TPSA) is 26.0 Å². The normalized spacial score (nSPS) is 8.50. The summed E-state index contributed by atoms with van der Waals surface area (Å²) in [5.74, 6) is 0. The van der Waals surface area contributed by atoms with E-state index in [1.165, 1.54) is 5.56 Å². The van der Waals surface area contributed by atoms with E-state index in [9.17, 15) is 0 Å². The van der Waals surface area contributed by atoms with Gasteiger partial charge >= 0.3 is 0 Å². The number of anilines is 1. The number of halogens is 1. The summed E-state index contributed by atoms with van der Waals surface area (Å²) in [7, 11) is 0. The summed E-state index contributed by atoms with van der Waals surface area (Å²) in [6.45, 7) is 2.10. The van der Waals surface area contributed by atoms with E-state index in [0.717, 1.165) is 12.1 Å². The Morgan fingerprint density at radius 2 is 1.90 bits per heavy atom. The average molecular weight is 249 g/mol. The predicted molar refractivity (Wildman–Crippen MR) is 55.6 cm³/mol. The number of hydrogen-bond donors (Lipinski definition) is 1. The molecule has 2 N–H and O–H groups in total. The van der Waals surface area contributed by atoms with Crippen LogP contribution in [0.3, 0.4) is 0 Å². The molecule has 0 atom stereocenters. The highest BCUT2D eigenvalue weighted by atomic mass is 127. The Bertz CT molecular complexity index is 198. The Morgan fingerprint density at radius 1 is 1.30 bits per heavy atom. The molecule has 10 heavy (non-hydrogen) atoms. The van der Waals surface area contributed by atoms with Crippen molar-refractivity contribution in [2.75, 3.05) is 5.73 Å². The number of aryl methyl sites for hydroxylation is 1. The lowest BCUT2D eigenvalue weighted by Crippen LogP contribution is -1.90. The van der Waals surface area contributed by atoms with E-state index < -0.39 is 0 Å². The molecule has 0 unspecified atom stereocenters. The Kier molecular flexibility index (Phi) is 4.43. The van der Waals surface area contributed by atoms with Gasteiger partial charge in [0.25, 0.3) is 0 Å². The zero-order valence-electron chi connectivity index (χ0n) is 6.00. The van der Waals surface area contributed by atoms with Crippen molar-refractivity contribution >= 4 is 29.7 Å². The van der Waals surface area contributed by atoms with Gasteiger partial charge in [0.2, 0.25) is 0 Å². The van der Waals surface area contributed by atoms with Crippen LogP contribution < -0.4 is 5.73 Å². The van der Waals surface area contributed by atoms with Crippen LogP contribution in [-0.4, -0.2) is 0 Å². The summed E-state index contributed by atoms with van der Waals surface area (Å²) in [5, 5.41) is 0. The van der Waals surface area contributed by atoms with Gasteiger partial charge in [0.1, 0.15) is 0 Å². The Hall–Kier alpha value is -0.250. The van der Waals surface area contributed by atoms with Gasteiger partial charge in [0, 0.05) is 5.69 Å². The van der Waals surface area contributed by atoms with Gasteiger partial charge in [-0.05, 0) is 18.1 Å². The van der Waals surface area contributed by atoms with Crippen molar-refractivity contribution in [1.82, 2.24) is 0 Å². The summed E-state index contributed by atoms with van der Waals surface area (Å²) in [5.41, 5.74) is 7.77. The first kappa shape index (κ1) is 9.75. The molecule has 0 fully saturated rings. The fourth-order valence-corrected chi connectivity index (χ4v) is 0.856. The van der Waals surface area contributed by atoms with Crippen LogP contribution >= 0.6 is 24.0 Å². The van der Waals surface area contributed by atoms with Crippen molar-refractivity contribution in [3.63, 3.8) is 0 Å². The van der Waals surface area contributed by atoms with Gasteiger partial charge in [0.05, 0.1) is 0 Å².